The van der Waals surface area contributed by atoms with Crippen LogP contribution in [0.5, 0.6) is 0 Å². The lowest BCUT2D eigenvalue weighted by atomic mass is 10.2. The lowest BCUT2D eigenvalue weighted by Crippen LogP contribution is -2.53. The van der Waals surface area contributed by atoms with Crippen molar-refractivity contribution in [1.29, 1.82) is 0 Å². The highest BCUT2D eigenvalue weighted by atomic mass is 16.5. The topological polar surface area (TPSA) is 42.0 Å². The first kappa shape index (κ1) is 13.4. The van der Waals surface area contributed by atoms with Crippen molar-refractivity contribution < 1.29 is 14.3 Å². The third kappa shape index (κ3) is 3.73. The summed E-state index contributed by atoms with van der Waals surface area (Å²) in [6, 6.07) is -0.251. The van der Waals surface area contributed by atoms with Crippen LogP contribution in [0.3, 0.4) is 0 Å². The minimum absolute atomic E-state index is 0.196. The van der Waals surface area contributed by atoms with Gasteiger partial charge in [0.15, 0.2) is 0 Å². The van der Waals surface area contributed by atoms with Gasteiger partial charge in [0.25, 0.3) is 0 Å². The first-order valence-corrected chi connectivity index (χ1v) is 5.77. The van der Waals surface area contributed by atoms with E-state index in [2.05, 4.69) is 16.8 Å². The Labute approximate surface area is 97.3 Å². The van der Waals surface area contributed by atoms with Crippen molar-refractivity contribution in [2.45, 2.75) is 13.0 Å². The molecule has 0 bridgehead atoms. The lowest BCUT2D eigenvalue weighted by Gasteiger charge is -2.36. The fraction of sp³-hybridized carbons (Fsp3) is 0.909. The summed E-state index contributed by atoms with van der Waals surface area (Å²) in [5.74, 6) is -0.196. The molecule has 5 heteroatoms. The number of rotatable bonds is 5. The van der Waals surface area contributed by atoms with Crippen LogP contribution in [0.15, 0.2) is 0 Å². The van der Waals surface area contributed by atoms with Gasteiger partial charge in [-0.3, -0.25) is 9.69 Å². The molecule has 1 atom stereocenters. The standard InChI is InChI=1S/C11H22N2O3/c1-4-16-9-10(11(14)15-3)13-7-5-12(2)6-8-13/h10H,4-9H2,1-3H3. The number of methoxy groups -OCH3 is 1. The van der Waals surface area contributed by atoms with E-state index >= 15 is 0 Å². The van der Waals surface area contributed by atoms with Gasteiger partial charge in [0.1, 0.15) is 6.04 Å². The smallest absolute Gasteiger partial charge is 0.325 e. The van der Waals surface area contributed by atoms with Crippen molar-refractivity contribution in [2.24, 2.45) is 0 Å². The zero-order valence-corrected chi connectivity index (χ0v) is 10.4. The van der Waals surface area contributed by atoms with Crippen LogP contribution in [-0.4, -0.2) is 75.4 Å². The van der Waals surface area contributed by atoms with E-state index < -0.39 is 0 Å². The van der Waals surface area contributed by atoms with Crippen LogP contribution in [0.2, 0.25) is 0 Å². The maximum absolute atomic E-state index is 11.6. The normalized spacial score (nSPS) is 20.7. The summed E-state index contributed by atoms with van der Waals surface area (Å²) < 4.78 is 10.2. The van der Waals surface area contributed by atoms with Gasteiger partial charge in [-0.05, 0) is 14.0 Å². The molecule has 0 aromatic carbocycles. The minimum atomic E-state index is -0.251. The molecule has 5 nitrogen and oxygen atoms in total. The summed E-state index contributed by atoms with van der Waals surface area (Å²) in [5.41, 5.74) is 0. The van der Waals surface area contributed by atoms with Crippen LogP contribution < -0.4 is 0 Å². The molecule has 0 amide bonds. The number of likely N-dealkylation sites (N-methyl/N-ethyl adjacent to an activating group) is 1. The van der Waals surface area contributed by atoms with Crippen molar-refractivity contribution >= 4 is 5.97 Å². The largest absolute Gasteiger partial charge is 0.468 e. The summed E-state index contributed by atoms with van der Waals surface area (Å²) in [6.45, 7) is 6.73. The Morgan fingerprint density at radius 3 is 2.44 bits per heavy atom. The van der Waals surface area contributed by atoms with E-state index in [1.807, 2.05) is 6.92 Å². The van der Waals surface area contributed by atoms with Gasteiger partial charge in [-0.25, -0.2) is 0 Å². The SMILES string of the molecule is CCOCC(C(=O)OC)N1CCN(C)CC1. The molecule has 16 heavy (non-hydrogen) atoms. The molecule has 0 radical (unpaired) electrons. The maximum atomic E-state index is 11.6. The fourth-order valence-corrected chi connectivity index (χ4v) is 1.82. The van der Waals surface area contributed by atoms with E-state index in [-0.39, 0.29) is 12.0 Å². The second kappa shape index (κ2) is 6.83. The molecule has 1 fully saturated rings. The minimum Gasteiger partial charge on any atom is -0.468 e. The molecule has 0 spiro atoms. The Hall–Kier alpha value is -0.650. The summed E-state index contributed by atoms with van der Waals surface area (Å²) in [4.78, 5) is 16.0. The van der Waals surface area contributed by atoms with E-state index in [9.17, 15) is 4.79 Å². The number of ether oxygens (including phenoxy) is 2. The van der Waals surface area contributed by atoms with E-state index in [1.54, 1.807) is 0 Å². The molecule has 94 valence electrons. The van der Waals surface area contributed by atoms with Crippen LogP contribution in [0.1, 0.15) is 6.92 Å². The molecular formula is C11H22N2O3. The number of carbonyl (C=O) groups is 1. The van der Waals surface area contributed by atoms with Crippen molar-refractivity contribution in [3.05, 3.63) is 0 Å². The zero-order chi connectivity index (χ0) is 12.0. The summed E-state index contributed by atoms with van der Waals surface area (Å²) in [6.07, 6.45) is 0. The molecule has 1 saturated heterocycles. The molecule has 0 N–H and O–H groups in total. The predicted octanol–water partition coefficient (Wildman–Crippen LogP) is -0.188. The van der Waals surface area contributed by atoms with Crippen molar-refractivity contribution in [3.63, 3.8) is 0 Å². The van der Waals surface area contributed by atoms with Crippen LogP contribution >= 0.6 is 0 Å². The van der Waals surface area contributed by atoms with Gasteiger partial charge in [0.05, 0.1) is 13.7 Å². The molecule has 0 saturated carbocycles. The molecular weight excluding hydrogens is 208 g/mol. The Balaban J connectivity index is 2.50. The van der Waals surface area contributed by atoms with Gasteiger partial charge in [0, 0.05) is 32.8 Å². The average Bonchev–Trinajstić information content (AvgIpc) is 2.31. The Bertz CT molecular complexity index is 215. The highest BCUT2D eigenvalue weighted by Gasteiger charge is 2.28. The average molecular weight is 230 g/mol. The first-order chi connectivity index (χ1) is 7.69. The van der Waals surface area contributed by atoms with Gasteiger partial charge in [-0.15, -0.1) is 0 Å². The van der Waals surface area contributed by atoms with Gasteiger partial charge < -0.3 is 14.4 Å². The van der Waals surface area contributed by atoms with Crippen LogP contribution in [-0.2, 0) is 14.3 Å². The summed E-state index contributed by atoms with van der Waals surface area (Å²) in [7, 11) is 3.52. The number of esters is 1. The number of carbonyl (C=O) groups excluding carboxylic acids is 1. The third-order valence-electron chi connectivity index (χ3n) is 2.93. The Morgan fingerprint density at radius 2 is 1.94 bits per heavy atom. The third-order valence-corrected chi connectivity index (χ3v) is 2.93. The second-order valence-corrected chi connectivity index (χ2v) is 4.04. The van der Waals surface area contributed by atoms with Gasteiger partial charge in [-0.1, -0.05) is 0 Å². The van der Waals surface area contributed by atoms with Crippen LogP contribution in [0.4, 0.5) is 0 Å². The second-order valence-electron chi connectivity index (χ2n) is 4.04. The molecule has 1 rings (SSSR count). The van der Waals surface area contributed by atoms with Gasteiger partial charge >= 0.3 is 5.97 Å². The first-order valence-electron chi connectivity index (χ1n) is 5.77. The van der Waals surface area contributed by atoms with E-state index in [1.165, 1.54) is 7.11 Å². The van der Waals surface area contributed by atoms with Crippen molar-refractivity contribution in [1.82, 2.24) is 9.80 Å². The van der Waals surface area contributed by atoms with Crippen LogP contribution in [0, 0.1) is 0 Å². The molecule has 1 heterocycles. The number of hydrogen-bond donors (Lipinski definition) is 0. The molecule has 0 aromatic heterocycles. The van der Waals surface area contributed by atoms with Gasteiger partial charge in [-0.2, -0.15) is 0 Å². The molecule has 1 aliphatic heterocycles. The quantitative estimate of drug-likeness (QED) is 0.613. The van der Waals surface area contributed by atoms with E-state index in [0.717, 1.165) is 26.2 Å². The molecule has 1 unspecified atom stereocenters. The van der Waals surface area contributed by atoms with Gasteiger partial charge in [0.2, 0.25) is 0 Å². The predicted molar refractivity (Wildman–Crippen MR) is 61.4 cm³/mol. The highest BCUT2D eigenvalue weighted by molar-refractivity contribution is 5.75. The summed E-state index contributed by atoms with van der Waals surface area (Å²) >= 11 is 0. The zero-order valence-electron chi connectivity index (χ0n) is 10.4. The fourth-order valence-electron chi connectivity index (χ4n) is 1.82. The van der Waals surface area contributed by atoms with Crippen molar-refractivity contribution in [3.8, 4) is 0 Å². The number of nitrogens with zero attached hydrogens (tertiary/aromatic N) is 2. The number of piperazine rings is 1. The summed E-state index contributed by atoms with van der Waals surface area (Å²) in [5, 5.41) is 0. The van der Waals surface area contributed by atoms with E-state index in [0.29, 0.717) is 13.2 Å². The highest BCUT2D eigenvalue weighted by Crippen LogP contribution is 2.07. The molecule has 0 aliphatic carbocycles. The monoisotopic (exact) mass is 230 g/mol. The van der Waals surface area contributed by atoms with Crippen LogP contribution in [0.25, 0.3) is 0 Å². The number of hydrogen-bond acceptors (Lipinski definition) is 5. The maximum Gasteiger partial charge on any atom is 0.325 e. The molecule has 1 aliphatic rings. The lowest BCUT2D eigenvalue weighted by molar-refractivity contribution is -0.150. The van der Waals surface area contributed by atoms with E-state index in [4.69, 9.17) is 9.47 Å². The Morgan fingerprint density at radius 1 is 1.31 bits per heavy atom. The molecule has 0 aromatic rings. The van der Waals surface area contributed by atoms with Crippen molar-refractivity contribution in [2.75, 3.05) is 53.6 Å². The Kier molecular flexibility index (Phi) is 5.73.